The zero-order valence-corrected chi connectivity index (χ0v) is 11.8. The Kier molecular flexibility index (Phi) is 5.62. The molecule has 4 heteroatoms. The first kappa shape index (κ1) is 14.2. The summed E-state index contributed by atoms with van der Waals surface area (Å²) < 4.78 is 14.3. The van der Waals surface area contributed by atoms with Crippen LogP contribution in [0.2, 0.25) is 0 Å². The van der Waals surface area contributed by atoms with E-state index in [1.54, 1.807) is 11.0 Å². The van der Waals surface area contributed by atoms with Crippen LogP contribution in [0.1, 0.15) is 37.0 Å². The summed E-state index contributed by atoms with van der Waals surface area (Å²) >= 11 is 3.18. The molecular formula is C13H17BrFNO. The van der Waals surface area contributed by atoms with Crippen molar-refractivity contribution in [1.29, 1.82) is 0 Å². The summed E-state index contributed by atoms with van der Waals surface area (Å²) in [6, 6.07) is 4.54. The molecule has 0 bridgehead atoms. The predicted octanol–water partition coefficient (Wildman–Crippen LogP) is 3.85. The Bertz CT molecular complexity index is 389. The number of benzene rings is 1. The first-order chi connectivity index (χ1) is 8.10. The number of rotatable bonds is 5. The van der Waals surface area contributed by atoms with Crippen molar-refractivity contribution < 1.29 is 9.18 Å². The van der Waals surface area contributed by atoms with Crippen molar-refractivity contribution in [2.75, 3.05) is 13.1 Å². The van der Waals surface area contributed by atoms with E-state index in [1.807, 2.05) is 13.8 Å². The molecule has 0 radical (unpaired) electrons. The summed E-state index contributed by atoms with van der Waals surface area (Å²) in [5, 5.41) is 0. The van der Waals surface area contributed by atoms with Gasteiger partial charge < -0.3 is 4.90 Å². The van der Waals surface area contributed by atoms with Gasteiger partial charge in [-0.15, -0.1) is 0 Å². The molecule has 17 heavy (non-hydrogen) atoms. The second kappa shape index (κ2) is 6.74. The fourth-order valence-corrected chi connectivity index (χ4v) is 2.02. The monoisotopic (exact) mass is 301 g/mol. The van der Waals surface area contributed by atoms with Crippen LogP contribution in [0.25, 0.3) is 0 Å². The fourth-order valence-electron chi connectivity index (χ4n) is 1.69. The molecule has 0 atom stereocenters. The summed E-state index contributed by atoms with van der Waals surface area (Å²) in [5.74, 6) is -0.694. The maximum atomic E-state index is 13.7. The lowest BCUT2D eigenvalue weighted by Crippen LogP contribution is -2.33. The molecule has 0 aliphatic rings. The van der Waals surface area contributed by atoms with Gasteiger partial charge in [0.05, 0.1) is 5.56 Å². The predicted molar refractivity (Wildman–Crippen MR) is 70.6 cm³/mol. The van der Waals surface area contributed by atoms with Crippen molar-refractivity contribution in [3.8, 4) is 0 Å². The Morgan fingerprint density at radius 3 is 2.35 bits per heavy atom. The Morgan fingerprint density at radius 2 is 1.88 bits per heavy atom. The zero-order chi connectivity index (χ0) is 12.8. The molecule has 0 saturated heterocycles. The van der Waals surface area contributed by atoms with Crippen molar-refractivity contribution >= 4 is 21.8 Å². The van der Waals surface area contributed by atoms with Gasteiger partial charge >= 0.3 is 0 Å². The number of carbonyl (C=O) groups is 1. The highest BCUT2D eigenvalue weighted by molar-refractivity contribution is 9.10. The van der Waals surface area contributed by atoms with Gasteiger partial charge in [0.15, 0.2) is 0 Å². The maximum absolute atomic E-state index is 13.7. The molecule has 0 N–H and O–H groups in total. The van der Waals surface area contributed by atoms with E-state index < -0.39 is 5.82 Å². The minimum Gasteiger partial charge on any atom is -0.339 e. The van der Waals surface area contributed by atoms with E-state index in [4.69, 9.17) is 0 Å². The third-order valence-electron chi connectivity index (χ3n) is 2.44. The van der Waals surface area contributed by atoms with Crippen molar-refractivity contribution in [3.63, 3.8) is 0 Å². The largest absolute Gasteiger partial charge is 0.339 e. The average Bonchev–Trinajstić information content (AvgIpc) is 2.28. The van der Waals surface area contributed by atoms with Crippen LogP contribution >= 0.6 is 15.9 Å². The van der Waals surface area contributed by atoms with Crippen LogP contribution < -0.4 is 0 Å². The van der Waals surface area contributed by atoms with Crippen molar-refractivity contribution in [1.82, 2.24) is 4.90 Å². The Hall–Kier alpha value is -0.900. The number of halogens is 2. The van der Waals surface area contributed by atoms with Crippen LogP contribution in [0, 0.1) is 5.82 Å². The number of nitrogens with zero attached hydrogens (tertiary/aromatic N) is 1. The number of hydrogen-bond acceptors (Lipinski definition) is 1. The lowest BCUT2D eigenvalue weighted by Gasteiger charge is -2.21. The highest BCUT2D eigenvalue weighted by Gasteiger charge is 2.17. The molecule has 0 aromatic heterocycles. The molecule has 0 heterocycles. The van der Waals surface area contributed by atoms with Crippen LogP contribution in [-0.2, 0) is 0 Å². The molecule has 0 spiro atoms. The van der Waals surface area contributed by atoms with Gasteiger partial charge in [0.25, 0.3) is 5.91 Å². The number of carbonyl (C=O) groups excluding carboxylic acids is 1. The molecule has 0 fully saturated rings. The summed E-state index contributed by atoms with van der Waals surface area (Å²) in [5.41, 5.74) is 0.148. The van der Waals surface area contributed by atoms with Crippen LogP contribution in [0.4, 0.5) is 4.39 Å². The number of hydrogen-bond donors (Lipinski definition) is 0. The van der Waals surface area contributed by atoms with Crippen molar-refractivity contribution in [2.24, 2.45) is 0 Å². The summed E-state index contributed by atoms with van der Waals surface area (Å²) in [6.07, 6.45) is 1.76. The summed E-state index contributed by atoms with van der Waals surface area (Å²) in [6.45, 7) is 5.35. The lowest BCUT2D eigenvalue weighted by molar-refractivity contribution is 0.0751. The third-order valence-corrected chi connectivity index (χ3v) is 2.93. The highest BCUT2D eigenvalue weighted by Crippen LogP contribution is 2.17. The van der Waals surface area contributed by atoms with E-state index in [9.17, 15) is 9.18 Å². The smallest absolute Gasteiger partial charge is 0.256 e. The van der Waals surface area contributed by atoms with Gasteiger partial charge in [-0.1, -0.05) is 29.8 Å². The van der Waals surface area contributed by atoms with Crippen molar-refractivity contribution in [3.05, 3.63) is 34.1 Å². The van der Waals surface area contributed by atoms with Crippen molar-refractivity contribution in [2.45, 2.75) is 26.7 Å². The van der Waals surface area contributed by atoms with Gasteiger partial charge in [-0.25, -0.2) is 4.39 Å². The normalized spacial score (nSPS) is 10.4. The van der Waals surface area contributed by atoms with E-state index in [1.165, 1.54) is 12.1 Å². The molecule has 94 valence electrons. The topological polar surface area (TPSA) is 20.3 Å². The second-order valence-corrected chi connectivity index (χ2v) is 4.83. The van der Waals surface area contributed by atoms with E-state index in [2.05, 4.69) is 15.9 Å². The molecule has 0 aliphatic carbocycles. The van der Waals surface area contributed by atoms with Gasteiger partial charge in [-0.3, -0.25) is 4.79 Å². The van der Waals surface area contributed by atoms with Gasteiger partial charge in [0.1, 0.15) is 5.82 Å². The highest BCUT2D eigenvalue weighted by atomic mass is 79.9. The van der Waals surface area contributed by atoms with E-state index in [-0.39, 0.29) is 11.5 Å². The molecule has 1 amide bonds. The minimum atomic E-state index is -0.471. The first-order valence-corrected chi connectivity index (χ1v) is 6.63. The van der Waals surface area contributed by atoms with Crippen LogP contribution in [-0.4, -0.2) is 23.9 Å². The van der Waals surface area contributed by atoms with Gasteiger partial charge in [-0.2, -0.15) is 0 Å². The summed E-state index contributed by atoms with van der Waals surface area (Å²) in [7, 11) is 0. The zero-order valence-electron chi connectivity index (χ0n) is 10.2. The molecule has 0 aliphatic heterocycles. The molecule has 0 unspecified atom stereocenters. The van der Waals surface area contributed by atoms with Crippen LogP contribution in [0.15, 0.2) is 22.7 Å². The Labute approximate surface area is 110 Å². The van der Waals surface area contributed by atoms with Gasteiger partial charge in [-0.05, 0) is 31.0 Å². The molecular weight excluding hydrogens is 285 g/mol. The van der Waals surface area contributed by atoms with Gasteiger partial charge in [0, 0.05) is 17.6 Å². The molecule has 1 rings (SSSR count). The minimum absolute atomic E-state index is 0.148. The van der Waals surface area contributed by atoms with E-state index in [0.717, 1.165) is 12.8 Å². The third kappa shape index (κ3) is 3.80. The second-order valence-electron chi connectivity index (χ2n) is 3.92. The SMILES string of the molecule is CCCN(CCC)C(=O)c1ccc(Br)cc1F. The van der Waals surface area contributed by atoms with Crippen LogP contribution in [0.3, 0.4) is 0 Å². The fraction of sp³-hybridized carbons (Fsp3) is 0.462. The lowest BCUT2D eigenvalue weighted by atomic mass is 10.1. The average molecular weight is 302 g/mol. The Morgan fingerprint density at radius 1 is 1.29 bits per heavy atom. The number of amides is 1. The maximum Gasteiger partial charge on any atom is 0.256 e. The van der Waals surface area contributed by atoms with E-state index in [0.29, 0.717) is 17.6 Å². The Balaban J connectivity index is 2.92. The molecule has 0 saturated carbocycles. The first-order valence-electron chi connectivity index (χ1n) is 5.84. The standard InChI is InChI=1S/C13H17BrFNO/c1-3-7-16(8-4-2)13(17)11-6-5-10(14)9-12(11)15/h5-6,9H,3-4,7-8H2,1-2H3. The summed E-state index contributed by atoms with van der Waals surface area (Å²) in [4.78, 5) is 13.8. The van der Waals surface area contributed by atoms with E-state index >= 15 is 0 Å². The molecule has 2 nitrogen and oxygen atoms in total. The quantitative estimate of drug-likeness (QED) is 0.809. The van der Waals surface area contributed by atoms with Gasteiger partial charge in [0.2, 0.25) is 0 Å². The van der Waals surface area contributed by atoms with Crippen LogP contribution in [0.5, 0.6) is 0 Å². The molecule has 1 aromatic rings. The molecule has 1 aromatic carbocycles.